The minimum atomic E-state index is -0.0609. The van der Waals surface area contributed by atoms with Crippen molar-refractivity contribution in [3.05, 3.63) is 46.6 Å². The normalized spacial score (nSPS) is 10.9. The molecular weight excluding hydrogens is 428 g/mol. The van der Waals surface area contributed by atoms with Gasteiger partial charge in [0.1, 0.15) is 0 Å². The van der Waals surface area contributed by atoms with E-state index in [9.17, 15) is 4.79 Å². The summed E-state index contributed by atoms with van der Waals surface area (Å²) in [6, 6.07) is 11.5. The van der Waals surface area contributed by atoms with Crippen LogP contribution in [0.2, 0.25) is 0 Å². The Kier molecular flexibility index (Phi) is 6.73. The lowest BCUT2D eigenvalue weighted by Crippen LogP contribution is -2.15. The molecule has 0 spiro atoms. The summed E-state index contributed by atoms with van der Waals surface area (Å²) >= 11 is 4.68. The topological polar surface area (TPSA) is 73.0 Å². The average molecular weight is 449 g/mol. The number of aromatic nitrogens is 3. The Hall–Kier alpha value is -2.06. The van der Waals surface area contributed by atoms with Crippen LogP contribution in [0, 0.1) is 0 Å². The van der Waals surface area contributed by atoms with Crippen LogP contribution in [0.1, 0.15) is 25.8 Å². The van der Waals surface area contributed by atoms with Gasteiger partial charge in [-0.05, 0) is 52.5 Å². The number of carbonyl (C=O) groups excluding carboxylic acids is 1. The largest absolute Gasteiger partial charge is 0.446 e. The highest BCUT2D eigenvalue weighted by molar-refractivity contribution is 9.10. The van der Waals surface area contributed by atoms with Crippen LogP contribution in [0.15, 0.2) is 50.6 Å². The lowest BCUT2D eigenvalue weighted by Gasteiger charge is -2.10. The summed E-state index contributed by atoms with van der Waals surface area (Å²) in [6.07, 6.45) is 1.80. The van der Waals surface area contributed by atoms with Gasteiger partial charge in [-0.3, -0.25) is 9.36 Å². The first-order chi connectivity index (χ1) is 13.1. The summed E-state index contributed by atoms with van der Waals surface area (Å²) in [6.45, 7) is 4.91. The number of carbonyl (C=O) groups is 1. The van der Waals surface area contributed by atoms with Gasteiger partial charge in [-0.25, -0.2) is 0 Å². The van der Waals surface area contributed by atoms with Gasteiger partial charge in [-0.15, -0.1) is 10.2 Å². The molecule has 0 aliphatic rings. The maximum atomic E-state index is 12.4. The van der Waals surface area contributed by atoms with E-state index in [-0.39, 0.29) is 11.7 Å². The number of benzene rings is 1. The highest BCUT2D eigenvalue weighted by Gasteiger charge is 2.17. The Labute approximate surface area is 170 Å². The van der Waals surface area contributed by atoms with Crippen LogP contribution >= 0.6 is 27.7 Å². The zero-order valence-electron chi connectivity index (χ0n) is 15.2. The molecule has 0 fully saturated rings. The third-order valence-electron chi connectivity index (χ3n) is 3.96. The van der Waals surface area contributed by atoms with Crippen molar-refractivity contribution in [1.29, 1.82) is 0 Å². The van der Waals surface area contributed by atoms with Crippen molar-refractivity contribution in [2.45, 2.75) is 38.4 Å². The van der Waals surface area contributed by atoms with Gasteiger partial charge in [-0.2, -0.15) is 0 Å². The molecule has 2 aromatic heterocycles. The number of anilines is 1. The minimum Gasteiger partial charge on any atom is -0.446 e. The summed E-state index contributed by atoms with van der Waals surface area (Å²) in [7, 11) is 0. The Morgan fingerprint density at radius 2 is 2.04 bits per heavy atom. The van der Waals surface area contributed by atoms with E-state index in [1.165, 1.54) is 11.8 Å². The van der Waals surface area contributed by atoms with Crippen molar-refractivity contribution in [2.24, 2.45) is 0 Å². The summed E-state index contributed by atoms with van der Waals surface area (Å²) in [4.78, 5) is 12.4. The van der Waals surface area contributed by atoms with Crippen molar-refractivity contribution < 1.29 is 9.21 Å². The highest BCUT2D eigenvalue weighted by atomic mass is 79.9. The third-order valence-corrected chi connectivity index (χ3v) is 5.36. The standard InChI is InChI=1S/C19H21BrN4O2S/c1-3-11-24-18(15-9-10-16(20)26-15)22-23-19(24)27-12-17(25)21-14-8-6-5-7-13(14)4-2/h5-10H,3-4,11-12H2,1-2H3,(H,21,25). The number of nitrogens with zero attached hydrogens (tertiary/aromatic N) is 3. The van der Waals surface area contributed by atoms with Gasteiger partial charge in [0, 0.05) is 12.2 Å². The van der Waals surface area contributed by atoms with Crippen LogP contribution in [-0.4, -0.2) is 26.4 Å². The number of hydrogen-bond acceptors (Lipinski definition) is 5. The molecule has 8 heteroatoms. The van der Waals surface area contributed by atoms with Crippen LogP contribution in [0.5, 0.6) is 0 Å². The number of rotatable bonds is 8. The predicted molar refractivity (Wildman–Crippen MR) is 111 cm³/mol. The Morgan fingerprint density at radius 1 is 1.22 bits per heavy atom. The quantitative estimate of drug-likeness (QED) is 0.490. The van der Waals surface area contributed by atoms with Crippen LogP contribution in [0.3, 0.4) is 0 Å². The first kappa shape index (κ1) is 19.7. The number of thioether (sulfide) groups is 1. The molecule has 0 saturated heterocycles. The second-order valence-corrected chi connectivity index (χ2v) is 7.63. The molecule has 0 atom stereocenters. The van der Waals surface area contributed by atoms with Crippen LogP contribution in [0.4, 0.5) is 5.69 Å². The predicted octanol–water partition coefficient (Wildman–Crippen LogP) is 5.00. The Bertz CT molecular complexity index is 922. The zero-order valence-corrected chi connectivity index (χ0v) is 17.6. The fourth-order valence-electron chi connectivity index (χ4n) is 2.70. The Morgan fingerprint density at radius 3 is 2.74 bits per heavy atom. The smallest absolute Gasteiger partial charge is 0.234 e. The third kappa shape index (κ3) is 4.81. The number of nitrogens with one attached hydrogen (secondary N) is 1. The van der Waals surface area contributed by atoms with Gasteiger partial charge < -0.3 is 9.73 Å². The fraction of sp³-hybridized carbons (Fsp3) is 0.316. The molecule has 142 valence electrons. The molecule has 0 saturated carbocycles. The van der Waals surface area contributed by atoms with E-state index in [0.29, 0.717) is 21.4 Å². The van der Waals surface area contributed by atoms with Crippen molar-refractivity contribution >= 4 is 39.3 Å². The minimum absolute atomic E-state index is 0.0609. The van der Waals surface area contributed by atoms with Gasteiger partial charge >= 0.3 is 0 Å². The average Bonchev–Trinajstić information content (AvgIpc) is 3.27. The maximum Gasteiger partial charge on any atom is 0.234 e. The van der Waals surface area contributed by atoms with Crippen LogP contribution < -0.4 is 5.32 Å². The first-order valence-corrected chi connectivity index (χ1v) is 10.6. The summed E-state index contributed by atoms with van der Waals surface area (Å²) < 4.78 is 8.24. The number of furan rings is 1. The molecule has 1 aromatic carbocycles. The molecule has 1 N–H and O–H groups in total. The van der Waals surface area contributed by atoms with E-state index in [1.54, 1.807) is 0 Å². The molecule has 0 aliphatic carbocycles. The number of amides is 1. The van der Waals surface area contributed by atoms with Gasteiger partial charge in [0.25, 0.3) is 0 Å². The molecule has 0 unspecified atom stereocenters. The molecule has 6 nitrogen and oxygen atoms in total. The second-order valence-electron chi connectivity index (χ2n) is 5.91. The van der Waals surface area contributed by atoms with E-state index in [1.807, 2.05) is 41.0 Å². The fourth-order valence-corrected chi connectivity index (χ4v) is 3.78. The number of aryl methyl sites for hydroxylation is 1. The van der Waals surface area contributed by atoms with Crippen LogP contribution in [-0.2, 0) is 17.8 Å². The van der Waals surface area contributed by atoms with E-state index < -0.39 is 0 Å². The monoisotopic (exact) mass is 448 g/mol. The molecule has 1 amide bonds. The van der Waals surface area contributed by atoms with Crippen LogP contribution in [0.25, 0.3) is 11.6 Å². The SMILES string of the molecule is CCCn1c(SCC(=O)Nc2ccccc2CC)nnc1-c1ccc(Br)o1. The van der Waals surface area contributed by atoms with Gasteiger partial charge in [-0.1, -0.05) is 43.8 Å². The van der Waals surface area contributed by atoms with E-state index in [4.69, 9.17) is 4.42 Å². The second kappa shape index (κ2) is 9.23. The van der Waals surface area contributed by atoms with Gasteiger partial charge in [0.15, 0.2) is 15.6 Å². The van der Waals surface area contributed by atoms with E-state index in [2.05, 4.69) is 45.3 Å². The summed E-state index contributed by atoms with van der Waals surface area (Å²) in [5.41, 5.74) is 1.98. The molecule has 27 heavy (non-hydrogen) atoms. The number of halogens is 1. The van der Waals surface area contributed by atoms with Crippen molar-refractivity contribution in [1.82, 2.24) is 14.8 Å². The molecule has 3 aromatic rings. The number of hydrogen-bond donors (Lipinski definition) is 1. The van der Waals surface area contributed by atoms with Gasteiger partial charge in [0.05, 0.1) is 5.75 Å². The molecule has 3 rings (SSSR count). The molecule has 0 radical (unpaired) electrons. The molecule has 0 bridgehead atoms. The zero-order chi connectivity index (χ0) is 19.2. The molecule has 0 aliphatic heterocycles. The van der Waals surface area contributed by atoms with E-state index in [0.717, 1.165) is 30.6 Å². The highest BCUT2D eigenvalue weighted by Crippen LogP contribution is 2.27. The Balaban J connectivity index is 1.70. The lowest BCUT2D eigenvalue weighted by molar-refractivity contribution is -0.113. The van der Waals surface area contributed by atoms with E-state index >= 15 is 0 Å². The molecule has 2 heterocycles. The molecular formula is C19H21BrN4O2S. The van der Waals surface area contributed by atoms with Crippen molar-refractivity contribution in [2.75, 3.05) is 11.1 Å². The maximum absolute atomic E-state index is 12.4. The first-order valence-electron chi connectivity index (χ1n) is 8.81. The summed E-state index contributed by atoms with van der Waals surface area (Å²) in [5, 5.41) is 12.2. The van der Waals surface area contributed by atoms with Crippen molar-refractivity contribution in [3.63, 3.8) is 0 Å². The lowest BCUT2D eigenvalue weighted by atomic mass is 10.1. The van der Waals surface area contributed by atoms with Crippen molar-refractivity contribution in [3.8, 4) is 11.6 Å². The number of para-hydroxylation sites is 1. The van der Waals surface area contributed by atoms with Gasteiger partial charge in [0.2, 0.25) is 11.7 Å². The summed E-state index contributed by atoms with van der Waals surface area (Å²) in [5.74, 6) is 1.52.